The molecular weight excluding hydrogens is 326 g/mol. The summed E-state index contributed by atoms with van der Waals surface area (Å²) in [5.74, 6) is 0.589. The van der Waals surface area contributed by atoms with Crippen molar-refractivity contribution in [2.75, 3.05) is 19.3 Å². The van der Waals surface area contributed by atoms with Gasteiger partial charge in [-0.05, 0) is 62.5 Å². The third-order valence-electron chi connectivity index (χ3n) is 5.32. The molecule has 3 saturated heterocycles. The van der Waals surface area contributed by atoms with Gasteiger partial charge in [0.05, 0.1) is 0 Å². The van der Waals surface area contributed by atoms with Crippen LogP contribution in [0.3, 0.4) is 0 Å². The summed E-state index contributed by atoms with van der Waals surface area (Å²) in [4.78, 5) is 19.9. The molecule has 3 aliphatic rings. The fourth-order valence-electron chi connectivity index (χ4n) is 3.98. The van der Waals surface area contributed by atoms with Gasteiger partial charge in [-0.1, -0.05) is 0 Å². The number of carbonyl (C=O) groups is 1. The van der Waals surface area contributed by atoms with Crippen molar-refractivity contribution in [3.05, 3.63) is 23.2 Å². The van der Waals surface area contributed by atoms with Gasteiger partial charge in [-0.25, -0.2) is 4.98 Å². The molecule has 6 heteroatoms. The number of hydrogen-bond donors (Lipinski definition) is 1. The van der Waals surface area contributed by atoms with Gasteiger partial charge >= 0.3 is 0 Å². The Morgan fingerprint density at radius 1 is 1.43 bits per heavy atom. The van der Waals surface area contributed by atoms with Crippen molar-refractivity contribution in [1.29, 1.82) is 0 Å². The SMILES string of the molecule is CSc1nc(C(=O)NC2C3CCN(CC3)C2C)cc2sccc12. The molecule has 1 N–H and O–H groups in total. The molecule has 2 atom stereocenters. The highest BCUT2D eigenvalue weighted by Crippen LogP contribution is 2.33. The highest BCUT2D eigenvalue weighted by Gasteiger charge is 2.40. The molecule has 2 aromatic heterocycles. The molecule has 23 heavy (non-hydrogen) atoms. The number of amides is 1. The molecule has 3 fully saturated rings. The fraction of sp³-hybridized carbons (Fsp3) is 0.529. The Morgan fingerprint density at radius 3 is 2.91 bits per heavy atom. The van der Waals surface area contributed by atoms with E-state index in [1.165, 1.54) is 25.9 Å². The van der Waals surface area contributed by atoms with Crippen LogP contribution in [0.2, 0.25) is 0 Å². The summed E-state index contributed by atoms with van der Waals surface area (Å²) in [5, 5.41) is 7.42. The zero-order valence-corrected chi connectivity index (χ0v) is 15.0. The quantitative estimate of drug-likeness (QED) is 0.866. The highest BCUT2D eigenvalue weighted by atomic mass is 32.2. The standard InChI is InChI=1S/C17H21N3OS2/c1-10-15(11-3-6-20(10)7-4-11)19-16(21)13-9-14-12(5-8-23-14)17(18-13)22-2/h5,8-11,15H,3-4,6-7H2,1-2H3,(H,19,21). The Morgan fingerprint density at radius 2 is 2.22 bits per heavy atom. The Labute approximate surface area is 144 Å². The molecule has 3 aliphatic heterocycles. The van der Waals surface area contributed by atoms with Crippen LogP contribution < -0.4 is 5.32 Å². The lowest BCUT2D eigenvalue weighted by Crippen LogP contribution is -2.62. The number of aromatic nitrogens is 1. The number of thioether (sulfide) groups is 1. The average molecular weight is 348 g/mol. The summed E-state index contributed by atoms with van der Waals surface area (Å²) < 4.78 is 1.14. The summed E-state index contributed by atoms with van der Waals surface area (Å²) in [6.07, 6.45) is 4.40. The normalized spacial score (nSPS) is 29.8. The summed E-state index contributed by atoms with van der Waals surface area (Å²) >= 11 is 3.27. The van der Waals surface area contributed by atoms with Gasteiger partial charge < -0.3 is 5.32 Å². The van der Waals surface area contributed by atoms with E-state index in [-0.39, 0.29) is 11.9 Å². The Hall–Kier alpha value is -1.11. The van der Waals surface area contributed by atoms with E-state index in [2.05, 4.69) is 33.6 Å². The van der Waals surface area contributed by atoms with Crippen molar-refractivity contribution in [3.63, 3.8) is 0 Å². The van der Waals surface area contributed by atoms with Crippen LogP contribution in [0.1, 0.15) is 30.3 Å². The van der Waals surface area contributed by atoms with E-state index >= 15 is 0 Å². The summed E-state index contributed by atoms with van der Waals surface area (Å²) in [5.41, 5.74) is 0.549. The largest absolute Gasteiger partial charge is 0.346 e. The number of rotatable bonds is 3. The smallest absolute Gasteiger partial charge is 0.270 e. The first-order chi connectivity index (χ1) is 11.2. The van der Waals surface area contributed by atoms with E-state index in [4.69, 9.17) is 0 Å². The number of thiophene rings is 1. The zero-order valence-electron chi connectivity index (χ0n) is 13.4. The molecule has 0 saturated carbocycles. The lowest BCUT2D eigenvalue weighted by atomic mass is 9.79. The van der Waals surface area contributed by atoms with Crippen LogP contribution >= 0.6 is 23.1 Å². The van der Waals surface area contributed by atoms with Crippen molar-refractivity contribution >= 4 is 39.1 Å². The number of hydrogen-bond acceptors (Lipinski definition) is 5. The van der Waals surface area contributed by atoms with Crippen LogP contribution in [0, 0.1) is 5.92 Å². The summed E-state index contributed by atoms with van der Waals surface area (Å²) in [6.45, 7) is 4.59. The van der Waals surface area contributed by atoms with Crippen LogP contribution in [0.15, 0.2) is 22.5 Å². The van der Waals surface area contributed by atoms with Crippen molar-refractivity contribution in [1.82, 2.24) is 15.2 Å². The van der Waals surface area contributed by atoms with Crippen molar-refractivity contribution in [3.8, 4) is 0 Å². The molecule has 122 valence electrons. The lowest BCUT2D eigenvalue weighted by molar-refractivity contribution is 0.0216. The van der Waals surface area contributed by atoms with E-state index in [9.17, 15) is 4.79 Å². The number of fused-ring (bicyclic) bond motifs is 4. The van der Waals surface area contributed by atoms with Gasteiger partial charge in [-0.15, -0.1) is 23.1 Å². The Bertz CT molecular complexity index is 735. The second-order valence-corrected chi connectivity index (χ2v) is 8.21. The molecule has 1 amide bonds. The van der Waals surface area contributed by atoms with Crippen LogP contribution in [0.25, 0.3) is 10.1 Å². The van der Waals surface area contributed by atoms with E-state index in [0.29, 0.717) is 17.7 Å². The summed E-state index contributed by atoms with van der Waals surface area (Å²) in [7, 11) is 0. The van der Waals surface area contributed by atoms with Gasteiger partial charge in [0, 0.05) is 22.2 Å². The maximum absolute atomic E-state index is 12.8. The monoisotopic (exact) mass is 347 g/mol. The molecule has 0 spiro atoms. The molecule has 5 rings (SSSR count). The number of nitrogens with one attached hydrogen (secondary N) is 1. The molecule has 2 aromatic rings. The van der Waals surface area contributed by atoms with E-state index in [1.54, 1.807) is 23.1 Å². The van der Waals surface area contributed by atoms with E-state index in [1.807, 2.05) is 12.3 Å². The second kappa shape index (κ2) is 6.07. The van der Waals surface area contributed by atoms with Gasteiger partial charge in [-0.2, -0.15) is 0 Å². The Balaban J connectivity index is 1.59. The first kappa shape index (κ1) is 15.4. The molecule has 4 nitrogen and oxygen atoms in total. The molecular formula is C17H21N3OS2. The second-order valence-electron chi connectivity index (χ2n) is 6.46. The van der Waals surface area contributed by atoms with Crippen LogP contribution in [-0.4, -0.2) is 47.2 Å². The average Bonchev–Trinajstić information content (AvgIpc) is 3.06. The molecule has 2 unspecified atom stereocenters. The fourth-order valence-corrected chi connectivity index (χ4v) is 5.45. The number of pyridine rings is 1. The third kappa shape index (κ3) is 2.66. The maximum atomic E-state index is 12.8. The van der Waals surface area contributed by atoms with E-state index in [0.717, 1.165) is 15.1 Å². The number of nitrogens with zero attached hydrogens (tertiary/aromatic N) is 2. The third-order valence-corrected chi connectivity index (χ3v) is 6.88. The van der Waals surface area contributed by atoms with Crippen molar-refractivity contribution < 1.29 is 4.79 Å². The minimum Gasteiger partial charge on any atom is -0.346 e. The van der Waals surface area contributed by atoms with Crippen molar-refractivity contribution in [2.24, 2.45) is 5.92 Å². The minimum absolute atomic E-state index is 0.0267. The van der Waals surface area contributed by atoms with Crippen LogP contribution in [-0.2, 0) is 0 Å². The number of piperidine rings is 3. The van der Waals surface area contributed by atoms with Gasteiger partial charge in [-0.3, -0.25) is 9.69 Å². The zero-order chi connectivity index (χ0) is 16.0. The predicted molar refractivity (Wildman–Crippen MR) is 96.4 cm³/mol. The van der Waals surface area contributed by atoms with Crippen LogP contribution in [0.5, 0.6) is 0 Å². The molecule has 0 radical (unpaired) electrons. The Kier molecular flexibility index (Phi) is 4.07. The van der Waals surface area contributed by atoms with E-state index < -0.39 is 0 Å². The summed E-state index contributed by atoms with van der Waals surface area (Å²) in [6, 6.07) is 4.69. The van der Waals surface area contributed by atoms with Gasteiger partial charge in [0.25, 0.3) is 5.91 Å². The lowest BCUT2D eigenvalue weighted by Gasteiger charge is -2.49. The minimum atomic E-state index is -0.0267. The highest BCUT2D eigenvalue weighted by molar-refractivity contribution is 7.98. The maximum Gasteiger partial charge on any atom is 0.270 e. The topological polar surface area (TPSA) is 45.2 Å². The first-order valence-corrected chi connectivity index (χ1v) is 10.2. The molecule has 0 aromatic carbocycles. The molecule has 5 heterocycles. The molecule has 2 bridgehead atoms. The van der Waals surface area contributed by atoms with Gasteiger partial charge in [0.1, 0.15) is 10.7 Å². The number of carbonyl (C=O) groups excluding carboxylic acids is 1. The predicted octanol–water partition coefficient (Wildman–Crippen LogP) is 3.23. The van der Waals surface area contributed by atoms with Crippen LogP contribution in [0.4, 0.5) is 0 Å². The van der Waals surface area contributed by atoms with Crippen molar-refractivity contribution in [2.45, 2.75) is 36.9 Å². The first-order valence-electron chi connectivity index (χ1n) is 8.14. The van der Waals surface area contributed by atoms with Gasteiger partial charge in [0.15, 0.2) is 0 Å². The van der Waals surface area contributed by atoms with Gasteiger partial charge in [0.2, 0.25) is 0 Å². The molecule has 0 aliphatic carbocycles.